The Morgan fingerprint density at radius 3 is 2.76 bits per heavy atom. The van der Waals surface area contributed by atoms with Gasteiger partial charge in [0.15, 0.2) is 0 Å². The van der Waals surface area contributed by atoms with Gasteiger partial charge in [-0.2, -0.15) is 9.78 Å². The van der Waals surface area contributed by atoms with E-state index in [0.29, 0.717) is 5.52 Å². The molecule has 0 spiro atoms. The molecule has 3 aromatic rings. The molecule has 29 heavy (non-hydrogen) atoms. The van der Waals surface area contributed by atoms with Crippen LogP contribution in [0, 0.1) is 5.41 Å². The van der Waals surface area contributed by atoms with Gasteiger partial charge in [-0.1, -0.05) is 13.8 Å². The highest BCUT2D eigenvalue weighted by atomic mass is 16.5. The number of hydrogen-bond donors (Lipinski definition) is 2. The molecule has 3 aromatic heterocycles. The fourth-order valence-electron chi connectivity index (χ4n) is 3.96. The second-order valence-electron chi connectivity index (χ2n) is 8.12. The molecule has 0 aliphatic heterocycles. The van der Waals surface area contributed by atoms with Gasteiger partial charge < -0.3 is 14.8 Å². The fraction of sp³-hybridized carbons (Fsp3) is 0.368. The van der Waals surface area contributed by atoms with E-state index in [-0.39, 0.29) is 34.3 Å². The molecule has 4 rings (SSSR count). The Balaban J connectivity index is 1.87. The minimum Gasteiger partial charge on any atom is -0.461 e. The molecule has 0 radical (unpaired) electrons. The quantitative estimate of drug-likeness (QED) is 0.461. The second-order valence-corrected chi connectivity index (χ2v) is 8.12. The Bertz CT molecular complexity index is 1180. The Morgan fingerprint density at radius 1 is 1.31 bits per heavy atom. The maximum absolute atomic E-state index is 13.2. The summed E-state index contributed by atoms with van der Waals surface area (Å²) < 4.78 is 8.00. The molecule has 3 heterocycles. The summed E-state index contributed by atoms with van der Waals surface area (Å²) in [6, 6.07) is 1.88. The van der Waals surface area contributed by atoms with Crippen LogP contribution in [0.15, 0.2) is 29.6 Å². The van der Waals surface area contributed by atoms with Crippen molar-refractivity contribution in [3.05, 3.63) is 52.0 Å². The number of rotatable bonds is 4. The van der Waals surface area contributed by atoms with Crippen LogP contribution >= 0.6 is 0 Å². The molecule has 0 bridgehead atoms. The van der Waals surface area contributed by atoms with Gasteiger partial charge >= 0.3 is 13.1 Å². The summed E-state index contributed by atoms with van der Waals surface area (Å²) in [4.78, 5) is 28.4. The van der Waals surface area contributed by atoms with Crippen LogP contribution in [0.2, 0.25) is 0 Å². The highest BCUT2D eigenvalue weighted by Gasteiger charge is 2.32. The predicted molar refractivity (Wildman–Crippen MR) is 105 cm³/mol. The molecule has 1 aliphatic rings. The predicted octanol–water partition coefficient (Wildman–Crippen LogP) is -0.252. The van der Waals surface area contributed by atoms with E-state index in [1.54, 1.807) is 6.33 Å². The van der Waals surface area contributed by atoms with Crippen molar-refractivity contribution in [2.45, 2.75) is 40.2 Å². The summed E-state index contributed by atoms with van der Waals surface area (Å²) in [5, 5.41) is 23.6. The van der Waals surface area contributed by atoms with Gasteiger partial charge in [-0.3, -0.25) is 19.0 Å². The van der Waals surface area contributed by atoms with Crippen LogP contribution in [0.25, 0.3) is 11.2 Å². The summed E-state index contributed by atoms with van der Waals surface area (Å²) >= 11 is 0. The fourth-order valence-corrected chi connectivity index (χ4v) is 3.96. The zero-order chi connectivity index (χ0) is 20.9. The first-order chi connectivity index (χ1) is 13.7. The van der Waals surface area contributed by atoms with Gasteiger partial charge in [-0.05, 0) is 29.9 Å². The van der Waals surface area contributed by atoms with Gasteiger partial charge in [-0.25, -0.2) is 0 Å². The number of ether oxygens (including phenoxy) is 1. The molecule has 0 amide bonds. The Kier molecular flexibility index (Phi) is 4.55. The number of pyridine rings is 1. The minimum absolute atomic E-state index is 0.0388. The Labute approximate surface area is 166 Å². The third kappa shape index (κ3) is 3.34. The highest BCUT2D eigenvalue weighted by molar-refractivity contribution is 6.59. The molecular weight excluding hydrogens is 375 g/mol. The summed E-state index contributed by atoms with van der Waals surface area (Å²) in [6.07, 6.45) is 5.95. The molecule has 1 aliphatic carbocycles. The van der Waals surface area contributed by atoms with Crippen molar-refractivity contribution in [1.82, 2.24) is 19.2 Å². The van der Waals surface area contributed by atoms with E-state index in [4.69, 9.17) is 4.74 Å². The van der Waals surface area contributed by atoms with E-state index in [1.807, 2.05) is 10.5 Å². The highest BCUT2D eigenvalue weighted by Crippen LogP contribution is 2.37. The van der Waals surface area contributed by atoms with E-state index < -0.39 is 13.1 Å². The van der Waals surface area contributed by atoms with Gasteiger partial charge in [0.1, 0.15) is 18.5 Å². The lowest BCUT2D eigenvalue weighted by atomic mass is 9.78. The van der Waals surface area contributed by atoms with E-state index >= 15 is 0 Å². The summed E-state index contributed by atoms with van der Waals surface area (Å²) in [7, 11) is -1.84. The average molecular weight is 396 g/mol. The monoisotopic (exact) mass is 396 g/mol. The first-order valence-corrected chi connectivity index (χ1v) is 9.26. The smallest absolute Gasteiger partial charge is 0.461 e. The van der Waals surface area contributed by atoms with Gasteiger partial charge in [0.05, 0.1) is 11.9 Å². The van der Waals surface area contributed by atoms with Gasteiger partial charge in [0.2, 0.25) is 0 Å². The first-order valence-electron chi connectivity index (χ1n) is 9.26. The van der Waals surface area contributed by atoms with Crippen molar-refractivity contribution in [3.63, 3.8) is 0 Å². The van der Waals surface area contributed by atoms with Crippen LogP contribution in [-0.4, -0.2) is 42.3 Å². The minimum atomic E-state index is -1.84. The van der Waals surface area contributed by atoms with Crippen molar-refractivity contribution in [1.29, 1.82) is 0 Å². The number of carbonyl (C=O) groups is 1. The van der Waals surface area contributed by atoms with Crippen LogP contribution < -0.4 is 11.0 Å². The largest absolute Gasteiger partial charge is 0.490 e. The van der Waals surface area contributed by atoms with E-state index in [1.165, 1.54) is 19.3 Å². The molecule has 10 heteroatoms. The topological polar surface area (TPSA) is 119 Å². The van der Waals surface area contributed by atoms with Crippen LogP contribution in [0.5, 0.6) is 0 Å². The Morgan fingerprint density at radius 2 is 2.07 bits per heavy atom. The lowest BCUT2D eigenvalue weighted by Gasteiger charge is -2.17. The number of aromatic nitrogens is 4. The number of carbonyl (C=O) groups excluding carboxylic acids is 1. The number of hydrogen-bond acceptors (Lipinski definition) is 7. The van der Waals surface area contributed by atoms with Gasteiger partial charge in [0.25, 0.3) is 5.56 Å². The zero-order valence-electron chi connectivity index (χ0n) is 16.4. The lowest BCUT2D eigenvalue weighted by molar-refractivity contribution is -0.142. The normalized spacial score (nSPS) is 14.8. The summed E-state index contributed by atoms with van der Waals surface area (Å²) in [5.74, 6) is -0.535. The molecule has 0 aromatic carbocycles. The van der Waals surface area contributed by atoms with Crippen LogP contribution in [-0.2, 0) is 29.0 Å². The standard InChI is InChI=1S/C19H21BN4O5/c1-11(25)29-9-13-14(20(27)28)7-21-8-17(13)24-18(26)15-4-12-5-19(2,3)6-16(12)23(15)10-22-24/h4,7-8,10,27-28H,5-6,9H2,1-3H3. The lowest BCUT2D eigenvalue weighted by Crippen LogP contribution is -2.36. The molecule has 9 nitrogen and oxygen atoms in total. The summed E-state index contributed by atoms with van der Waals surface area (Å²) in [6.45, 7) is 5.38. The molecule has 0 saturated carbocycles. The molecule has 0 atom stereocenters. The first kappa shape index (κ1) is 19.3. The molecular formula is C19H21BN4O5. The third-order valence-corrected chi connectivity index (χ3v) is 5.24. The Hall–Kier alpha value is -2.98. The average Bonchev–Trinajstić information content (AvgIpc) is 3.12. The molecule has 0 unspecified atom stereocenters. The SMILES string of the molecule is CC(=O)OCc1c(B(O)O)cncc1-n1ncn2c3c(cc2c1=O)CC(C)(C)C3. The number of fused-ring (bicyclic) bond motifs is 3. The molecule has 0 fully saturated rings. The van der Waals surface area contributed by atoms with Gasteiger partial charge in [0, 0.05) is 29.8 Å². The number of nitrogens with zero attached hydrogens (tertiary/aromatic N) is 4. The molecule has 0 saturated heterocycles. The van der Waals surface area contributed by atoms with E-state index in [2.05, 4.69) is 23.9 Å². The van der Waals surface area contributed by atoms with Crippen LogP contribution in [0.1, 0.15) is 37.6 Å². The maximum atomic E-state index is 13.2. The van der Waals surface area contributed by atoms with Gasteiger partial charge in [-0.15, -0.1) is 0 Å². The van der Waals surface area contributed by atoms with Crippen LogP contribution in [0.4, 0.5) is 0 Å². The van der Waals surface area contributed by atoms with Crippen molar-refractivity contribution in [2.24, 2.45) is 5.41 Å². The second kappa shape index (κ2) is 6.82. The van der Waals surface area contributed by atoms with E-state index in [0.717, 1.165) is 28.8 Å². The maximum Gasteiger partial charge on any atom is 0.490 e. The van der Waals surface area contributed by atoms with E-state index in [9.17, 15) is 19.6 Å². The van der Waals surface area contributed by atoms with Crippen molar-refractivity contribution in [3.8, 4) is 5.69 Å². The van der Waals surface area contributed by atoms with Crippen molar-refractivity contribution >= 4 is 24.1 Å². The summed E-state index contributed by atoms with van der Waals surface area (Å²) in [5.41, 5.74) is 2.99. The van der Waals surface area contributed by atoms with Crippen molar-refractivity contribution < 1.29 is 19.6 Å². The van der Waals surface area contributed by atoms with Crippen molar-refractivity contribution in [2.75, 3.05) is 0 Å². The van der Waals surface area contributed by atoms with Crippen LogP contribution in [0.3, 0.4) is 0 Å². The third-order valence-electron chi connectivity index (χ3n) is 5.24. The molecule has 150 valence electrons. The number of esters is 1. The molecule has 2 N–H and O–H groups in total. The zero-order valence-corrected chi connectivity index (χ0v) is 16.4.